The predicted molar refractivity (Wildman–Crippen MR) is 113 cm³/mol. The van der Waals surface area contributed by atoms with Crippen LogP contribution in [0.1, 0.15) is 10.4 Å². The van der Waals surface area contributed by atoms with E-state index in [0.29, 0.717) is 43.2 Å². The zero-order valence-electron chi connectivity index (χ0n) is 16.6. The van der Waals surface area contributed by atoms with Gasteiger partial charge in [-0.25, -0.2) is 4.39 Å². The molecule has 30 heavy (non-hydrogen) atoms. The van der Waals surface area contributed by atoms with Crippen LogP contribution < -0.4 is 15.2 Å². The van der Waals surface area contributed by atoms with Crippen LogP contribution in [0, 0.1) is 5.82 Å². The molecule has 1 amide bonds. The highest BCUT2D eigenvalue weighted by atomic mass is 19.1. The maximum Gasteiger partial charge on any atom is 0.255 e. The van der Waals surface area contributed by atoms with Gasteiger partial charge in [0.1, 0.15) is 11.6 Å². The van der Waals surface area contributed by atoms with Crippen LogP contribution in [0.5, 0.6) is 5.75 Å². The van der Waals surface area contributed by atoms with Crippen molar-refractivity contribution in [2.75, 3.05) is 38.2 Å². The van der Waals surface area contributed by atoms with Crippen molar-refractivity contribution in [3.05, 3.63) is 88.6 Å². The highest BCUT2D eigenvalue weighted by Gasteiger charge is 2.23. The number of aromatic nitrogens is 1. The van der Waals surface area contributed by atoms with Gasteiger partial charge in [0, 0.05) is 49.8 Å². The summed E-state index contributed by atoms with van der Waals surface area (Å²) < 4.78 is 19.7. The van der Waals surface area contributed by atoms with Crippen molar-refractivity contribution in [3.63, 3.8) is 0 Å². The van der Waals surface area contributed by atoms with E-state index in [1.807, 2.05) is 0 Å². The lowest BCUT2D eigenvalue weighted by molar-refractivity contribution is 0.0746. The molecule has 7 heteroatoms. The monoisotopic (exact) mass is 407 g/mol. The summed E-state index contributed by atoms with van der Waals surface area (Å²) in [5.74, 6) is 0.314. The third kappa shape index (κ3) is 4.05. The van der Waals surface area contributed by atoms with Crippen LogP contribution in [0.15, 0.2) is 71.7 Å². The van der Waals surface area contributed by atoms with Gasteiger partial charge in [0.2, 0.25) is 0 Å². The number of ether oxygens (including phenoxy) is 1. The van der Waals surface area contributed by atoms with Gasteiger partial charge in [-0.2, -0.15) is 0 Å². The number of benzene rings is 2. The van der Waals surface area contributed by atoms with Crippen molar-refractivity contribution in [2.24, 2.45) is 0 Å². The molecule has 1 aromatic heterocycles. The standard InChI is InChI=1S/C23H22FN3O3/c1-30-21-9-7-20(8-10-21)27-16-17(2-11-22(27)28)23(29)26-14-12-25(13-15-26)19-5-3-18(24)4-6-19/h2-11,16H,12-15H2,1H3. The number of halogens is 1. The van der Waals surface area contributed by atoms with Gasteiger partial charge in [-0.1, -0.05) is 0 Å². The van der Waals surface area contributed by atoms with E-state index in [1.165, 1.54) is 22.8 Å². The summed E-state index contributed by atoms with van der Waals surface area (Å²) in [6.45, 7) is 2.43. The van der Waals surface area contributed by atoms with Crippen molar-refractivity contribution in [2.45, 2.75) is 0 Å². The summed E-state index contributed by atoms with van der Waals surface area (Å²) in [7, 11) is 1.58. The summed E-state index contributed by atoms with van der Waals surface area (Å²) in [5, 5.41) is 0. The van der Waals surface area contributed by atoms with E-state index < -0.39 is 0 Å². The number of rotatable bonds is 4. The lowest BCUT2D eigenvalue weighted by atomic mass is 10.2. The molecule has 2 heterocycles. The van der Waals surface area contributed by atoms with Crippen molar-refractivity contribution in [1.29, 1.82) is 0 Å². The Morgan fingerprint density at radius 1 is 0.867 bits per heavy atom. The van der Waals surface area contributed by atoms with Crippen LogP contribution in [0.4, 0.5) is 10.1 Å². The molecule has 1 saturated heterocycles. The van der Waals surface area contributed by atoms with Crippen molar-refractivity contribution < 1.29 is 13.9 Å². The number of nitrogens with zero attached hydrogens (tertiary/aromatic N) is 3. The summed E-state index contributed by atoms with van der Waals surface area (Å²) in [4.78, 5) is 29.2. The third-order valence-electron chi connectivity index (χ3n) is 5.27. The van der Waals surface area contributed by atoms with Crippen molar-refractivity contribution in [3.8, 4) is 11.4 Å². The fourth-order valence-corrected chi connectivity index (χ4v) is 3.56. The number of amides is 1. The molecule has 1 fully saturated rings. The molecule has 2 aromatic carbocycles. The molecule has 6 nitrogen and oxygen atoms in total. The molecule has 3 aromatic rings. The van der Waals surface area contributed by atoms with Gasteiger partial charge in [0.25, 0.3) is 11.5 Å². The molecular weight excluding hydrogens is 385 g/mol. The van der Waals surface area contributed by atoms with Gasteiger partial charge in [0.15, 0.2) is 0 Å². The highest BCUT2D eigenvalue weighted by Crippen LogP contribution is 2.18. The molecule has 0 radical (unpaired) electrons. The van der Waals surface area contributed by atoms with E-state index in [9.17, 15) is 14.0 Å². The molecule has 0 spiro atoms. The molecule has 154 valence electrons. The maximum absolute atomic E-state index is 13.1. The van der Waals surface area contributed by atoms with Gasteiger partial charge in [-0.3, -0.25) is 14.2 Å². The van der Waals surface area contributed by atoms with Crippen LogP contribution in [-0.2, 0) is 0 Å². The zero-order chi connectivity index (χ0) is 21.1. The number of anilines is 1. The lowest BCUT2D eigenvalue weighted by Gasteiger charge is -2.36. The Hall–Kier alpha value is -3.61. The minimum atomic E-state index is -0.264. The average molecular weight is 407 g/mol. The number of methoxy groups -OCH3 is 1. The molecule has 1 aliphatic heterocycles. The average Bonchev–Trinajstić information content (AvgIpc) is 2.80. The predicted octanol–water partition coefficient (Wildman–Crippen LogP) is 2.95. The Morgan fingerprint density at radius 2 is 1.50 bits per heavy atom. The quantitative estimate of drug-likeness (QED) is 0.667. The maximum atomic E-state index is 13.1. The highest BCUT2D eigenvalue weighted by molar-refractivity contribution is 5.94. The fraction of sp³-hybridized carbons (Fsp3) is 0.217. The van der Waals surface area contributed by atoms with Gasteiger partial charge in [0.05, 0.1) is 12.7 Å². The fourth-order valence-electron chi connectivity index (χ4n) is 3.56. The largest absolute Gasteiger partial charge is 0.497 e. The Balaban J connectivity index is 1.48. The van der Waals surface area contributed by atoms with Crippen LogP contribution >= 0.6 is 0 Å². The van der Waals surface area contributed by atoms with Crippen LogP contribution in [0.2, 0.25) is 0 Å². The van der Waals surface area contributed by atoms with Gasteiger partial charge >= 0.3 is 0 Å². The molecule has 0 saturated carbocycles. The minimum absolute atomic E-state index is 0.115. The summed E-state index contributed by atoms with van der Waals surface area (Å²) in [5.41, 5.74) is 1.85. The summed E-state index contributed by atoms with van der Waals surface area (Å²) in [6, 6.07) is 16.4. The first-order valence-corrected chi connectivity index (χ1v) is 9.72. The second-order valence-corrected chi connectivity index (χ2v) is 7.08. The normalized spacial score (nSPS) is 13.9. The first kappa shape index (κ1) is 19.7. The van der Waals surface area contributed by atoms with Gasteiger partial charge < -0.3 is 14.5 Å². The Labute approximate surface area is 173 Å². The SMILES string of the molecule is COc1ccc(-n2cc(C(=O)N3CCN(c4ccc(F)cc4)CC3)ccc2=O)cc1. The molecule has 4 rings (SSSR count). The van der Waals surface area contributed by atoms with E-state index in [4.69, 9.17) is 4.74 Å². The zero-order valence-corrected chi connectivity index (χ0v) is 16.6. The van der Waals surface area contributed by atoms with Crippen LogP contribution in [0.3, 0.4) is 0 Å². The number of carbonyl (C=O) groups is 1. The number of pyridine rings is 1. The second kappa shape index (κ2) is 8.41. The van der Waals surface area contributed by atoms with E-state index in [1.54, 1.807) is 60.7 Å². The van der Waals surface area contributed by atoms with E-state index in [2.05, 4.69) is 4.90 Å². The number of piperazine rings is 1. The van der Waals surface area contributed by atoms with Gasteiger partial charge in [-0.15, -0.1) is 0 Å². The summed E-state index contributed by atoms with van der Waals surface area (Å²) in [6.07, 6.45) is 1.58. The molecule has 1 aliphatic rings. The number of carbonyl (C=O) groups excluding carboxylic acids is 1. The Bertz CT molecular complexity index is 1090. The van der Waals surface area contributed by atoms with Gasteiger partial charge in [-0.05, 0) is 54.6 Å². The van der Waals surface area contributed by atoms with E-state index in [0.717, 1.165) is 5.69 Å². The molecular formula is C23H22FN3O3. The Kier molecular flexibility index (Phi) is 5.52. The summed E-state index contributed by atoms with van der Waals surface area (Å²) >= 11 is 0. The van der Waals surface area contributed by atoms with Crippen LogP contribution in [0.25, 0.3) is 5.69 Å². The number of hydrogen-bond acceptors (Lipinski definition) is 4. The van der Waals surface area contributed by atoms with E-state index >= 15 is 0 Å². The Morgan fingerprint density at radius 3 is 2.13 bits per heavy atom. The molecule has 0 bridgehead atoms. The molecule has 0 N–H and O–H groups in total. The minimum Gasteiger partial charge on any atom is -0.497 e. The molecule has 0 unspecified atom stereocenters. The second-order valence-electron chi connectivity index (χ2n) is 7.08. The van der Waals surface area contributed by atoms with Crippen molar-refractivity contribution in [1.82, 2.24) is 9.47 Å². The molecule has 0 aliphatic carbocycles. The number of hydrogen-bond donors (Lipinski definition) is 0. The van der Waals surface area contributed by atoms with E-state index in [-0.39, 0.29) is 17.3 Å². The first-order valence-electron chi connectivity index (χ1n) is 9.72. The molecule has 0 atom stereocenters. The third-order valence-corrected chi connectivity index (χ3v) is 5.27. The topological polar surface area (TPSA) is 54.8 Å². The van der Waals surface area contributed by atoms with Crippen LogP contribution in [-0.4, -0.2) is 48.7 Å². The smallest absolute Gasteiger partial charge is 0.255 e. The lowest BCUT2D eigenvalue weighted by Crippen LogP contribution is -2.49. The van der Waals surface area contributed by atoms with Crippen molar-refractivity contribution >= 4 is 11.6 Å². The first-order chi connectivity index (χ1) is 14.5.